The highest BCUT2D eigenvalue weighted by atomic mass is 16.5. The van der Waals surface area contributed by atoms with Crippen molar-refractivity contribution >= 4 is 11.7 Å². The molecule has 8 heteroatoms. The number of aliphatic hydroxyl groups excluding tert-OH is 1. The van der Waals surface area contributed by atoms with Crippen LogP contribution in [0.15, 0.2) is 11.0 Å². The number of nitrogens with one attached hydrogen (secondary N) is 1. The zero-order valence-electron chi connectivity index (χ0n) is 10.9. The van der Waals surface area contributed by atoms with Gasteiger partial charge in [0.25, 0.3) is 0 Å². The van der Waals surface area contributed by atoms with Gasteiger partial charge in [0.05, 0.1) is 18.9 Å². The third-order valence-electron chi connectivity index (χ3n) is 3.48. The minimum absolute atomic E-state index is 0.0442. The number of rotatable bonds is 4. The number of carbonyl (C=O) groups excluding carboxylic acids is 1. The first-order chi connectivity index (χ1) is 9.67. The van der Waals surface area contributed by atoms with Crippen LogP contribution in [0.25, 0.3) is 0 Å². The van der Waals surface area contributed by atoms with Gasteiger partial charge in [0.2, 0.25) is 5.91 Å². The highest BCUT2D eigenvalue weighted by molar-refractivity contribution is 5.92. The van der Waals surface area contributed by atoms with Crippen molar-refractivity contribution in [3.05, 3.63) is 16.7 Å². The lowest BCUT2D eigenvalue weighted by molar-refractivity contribution is -0.117. The van der Waals surface area contributed by atoms with E-state index in [4.69, 9.17) is 9.84 Å². The molecule has 108 valence electrons. The van der Waals surface area contributed by atoms with Crippen LogP contribution in [-0.4, -0.2) is 38.5 Å². The summed E-state index contributed by atoms with van der Waals surface area (Å²) in [6.07, 6.45) is 3.63. The fourth-order valence-electron chi connectivity index (χ4n) is 2.18. The van der Waals surface area contributed by atoms with Crippen LogP contribution in [0, 0.1) is 5.92 Å². The molecule has 3 rings (SSSR count). The lowest BCUT2D eigenvalue weighted by Gasteiger charge is -2.13. The molecule has 1 aromatic rings. The van der Waals surface area contributed by atoms with Gasteiger partial charge in [-0.25, -0.2) is 4.79 Å². The lowest BCUT2D eigenvalue weighted by Crippen LogP contribution is -2.31. The first kappa shape index (κ1) is 13.2. The highest BCUT2D eigenvalue weighted by Gasteiger charge is 2.30. The molecule has 1 aromatic heterocycles. The first-order valence-electron chi connectivity index (χ1n) is 6.70. The first-order valence-corrected chi connectivity index (χ1v) is 6.70. The Morgan fingerprint density at radius 2 is 2.25 bits per heavy atom. The van der Waals surface area contributed by atoms with E-state index in [0.29, 0.717) is 12.8 Å². The molecule has 0 aromatic carbocycles. The van der Waals surface area contributed by atoms with Crippen molar-refractivity contribution in [1.82, 2.24) is 14.8 Å². The molecule has 1 aliphatic carbocycles. The van der Waals surface area contributed by atoms with E-state index in [-0.39, 0.29) is 30.4 Å². The molecule has 1 saturated carbocycles. The van der Waals surface area contributed by atoms with Crippen LogP contribution in [0.1, 0.15) is 31.9 Å². The second-order valence-electron chi connectivity index (χ2n) is 5.10. The third-order valence-corrected chi connectivity index (χ3v) is 3.48. The number of aliphatic hydroxyl groups is 1. The van der Waals surface area contributed by atoms with E-state index in [1.807, 2.05) is 0 Å². The van der Waals surface area contributed by atoms with E-state index in [0.717, 1.165) is 17.5 Å². The summed E-state index contributed by atoms with van der Waals surface area (Å²) in [5, 5.41) is 15.6. The van der Waals surface area contributed by atoms with E-state index in [1.54, 1.807) is 0 Å². The number of anilines is 1. The Labute approximate surface area is 114 Å². The molecule has 2 fully saturated rings. The van der Waals surface area contributed by atoms with Crippen molar-refractivity contribution in [2.24, 2.45) is 5.92 Å². The fourth-order valence-corrected chi connectivity index (χ4v) is 2.18. The molecule has 1 aliphatic heterocycles. The average Bonchev–Trinajstić information content (AvgIpc) is 3.18. The second kappa shape index (κ2) is 5.29. The number of nitrogens with zero attached hydrogens (tertiary/aromatic N) is 3. The molecule has 2 aliphatic rings. The van der Waals surface area contributed by atoms with Gasteiger partial charge in [0, 0.05) is 5.92 Å². The van der Waals surface area contributed by atoms with Gasteiger partial charge in [0.15, 0.2) is 12.0 Å². The molecule has 20 heavy (non-hydrogen) atoms. The molecule has 2 unspecified atom stereocenters. The maximum absolute atomic E-state index is 11.9. The normalized spacial score (nSPS) is 25.6. The van der Waals surface area contributed by atoms with Gasteiger partial charge in [-0.05, 0) is 25.7 Å². The summed E-state index contributed by atoms with van der Waals surface area (Å²) in [7, 11) is 0. The predicted octanol–water partition coefficient (Wildman–Crippen LogP) is -0.343. The van der Waals surface area contributed by atoms with E-state index >= 15 is 0 Å². The van der Waals surface area contributed by atoms with E-state index < -0.39 is 11.9 Å². The van der Waals surface area contributed by atoms with E-state index in [9.17, 15) is 9.59 Å². The van der Waals surface area contributed by atoms with E-state index in [2.05, 4.69) is 15.4 Å². The minimum Gasteiger partial charge on any atom is -0.394 e. The highest BCUT2D eigenvalue weighted by Crippen LogP contribution is 2.30. The Kier molecular flexibility index (Phi) is 3.49. The van der Waals surface area contributed by atoms with Crippen LogP contribution in [-0.2, 0) is 9.53 Å². The molecular formula is C12H16N4O4. The van der Waals surface area contributed by atoms with Crippen molar-refractivity contribution in [1.29, 1.82) is 0 Å². The Morgan fingerprint density at radius 3 is 2.85 bits per heavy atom. The number of carbonyl (C=O) groups is 1. The van der Waals surface area contributed by atoms with Crippen LogP contribution in [0.2, 0.25) is 0 Å². The van der Waals surface area contributed by atoms with Gasteiger partial charge in [0.1, 0.15) is 0 Å². The largest absolute Gasteiger partial charge is 0.394 e. The summed E-state index contributed by atoms with van der Waals surface area (Å²) in [5.74, 6) is 0.0940. The minimum atomic E-state index is -0.567. The van der Waals surface area contributed by atoms with E-state index in [1.165, 1.54) is 6.20 Å². The maximum atomic E-state index is 11.9. The zero-order valence-corrected chi connectivity index (χ0v) is 10.9. The quantitative estimate of drug-likeness (QED) is 0.781. The molecule has 0 bridgehead atoms. The smallest absolute Gasteiger partial charge is 0.368 e. The SMILES string of the molecule is O=C(Nc1cnn(C2CCC(CO)O2)c(=O)n1)C1CC1. The molecule has 1 saturated heterocycles. The standard InChI is InChI=1S/C12H16N4O4/c17-6-8-3-4-10(20-8)16-12(19)15-9(5-13-16)14-11(18)7-1-2-7/h5,7-8,10,17H,1-4,6H2,(H,14,15,18,19). The molecule has 1 amide bonds. The summed E-state index contributed by atoms with van der Waals surface area (Å²) in [5.41, 5.74) is -0.567. The Hall–Kier alpha value is -1.80. The van der Waals surface area contributed by atoms with Crippen LogP contribution >= 0.6 is 0 Å². The van der Waals surface area contributed by atoms with Gasteiger partial charge in [-0.2, -0.15) is 14.8 Å². The summed E-state index contributed by atoms with van der Waals surface area (Å²) < 4.78 is 6.61. The van der Waals surface area contributed by atoms with Gasteiger partial charge in [-0.1, -0.05) is 0 Å². The predicted molar refractivity (Wildman–Crippen MR) is 67.9 cm³/mol. The number of hydrogen-bond acceptors (Lipinski definition) is 6. The maximum Gasteiger partial charge on any atom is 0.368 e. The number of ether oxygens (including phenoxy) is 1. The van der Waals surface area contributed by atoms with Crippen LogP contribution in [0.4, 0.5) is 5.82 Å². The van der Waals surface area contributed by atoms with Gasteiger partial charge in [-0.3, -0.25) is 4.79 Å². The molecule has 2 N–H and O–H groups in total. The van der Waals surface area contributed by atoms with Gasteiger partial charge in [-0.15, -0.1) is 0 Å². The summed E-state index contributed by atoms with van der Waals surface area (Å²) >= 11 is 0. The Bertz CT molecular complexity index is 569. The Balaban J connectivity index is 1.71. The second-order valence-corrected chi connectivity index (χ2v) is 5.10. The summed E-state index contributed by atoms with van der Waals surface area (Å²) in [4.78, 5) is 27.2. The topological polar surface area (TPSA) is 106 Å². The fraction of sp³-hybridized carbons (Fsp3) is 0.667. The lowest BCUT2D eigenvalue weighted by atomic mass is 10.2. The van der Waals surface area contributed by atoms with Gasteiger partial charge >= 0.3 is 5.69 Å². The number of hydrogen-bond donors (Lipinski definition) is 2. The van der Waals surface area contributed by atoms with Crippen molar-refractivity contribution in [2.45, 2.75) is 38.0 Å². The van der Waals surface area contributed by atoms with Crippen molar-refractivity contribution in [3.8, 4) is 0 Å². The molecule has 0 radical (unpaired) electrons. The van der Waals surface area contributed by atoms with Crippen LogP contribution in [0.5, 0.6) is 0 Å². The Morgan fingerprint density at radius 1 is 1.45 bits per heavy atom. The number of amides is 1. The van der Waals surface area contributed by atoms with Crippen molar-refractivity contribution in [3.63, 3.8) is 0 Å². The average molecular weight is 280 g/mol. The summed E-state index contributed by atoms with van der Waals surface area (Å²) in [6, 6.07) is 0. The third kappa shape index (κ3) is 2.70. The monoisotopic (exact) mass is 280 g/mol. The number of aromatic nitrogens is 3. The molecule has 0 spiro atoms. The molecule has 8 nitrogen and oxygen atoms in total. The van der Waals surface area contributed by atoms with Crippen molar-refractivity contribution in [2.75, 3.05) is 11.9 Å². The van der Waals surface area contributed by atoms with Gasteiger partial charge < -0.3 is 15.2 Å². The molecule has 2 heterocycles. The molecular weight excluding hydrogens is 264 g/mol. The summed E-state index contributed by atoms with van der Waals surface area (Å²) in [6.45, 7) is -0.0752. The van der Waals surface area contributed by atoms with Crippen molar-refractivity contribution < 1.29 is 14.6 Å². The zero-order chi connectivity index (χ0) is 14.1. The van der Waals surface area contributed by atoms with Crippen LogP contribution in [0.3, 0.4) is 0 Å². The van der Waals surface area contributed by atoms with Crippen LogP contribution < -0.4 is 11.0 Å². The molecule has 2 atom stereocenters.